The van der Waals surface area contributed by atoms with E-state index in [0.29, 0.717) is 12.8 Å². The maximum Gasteiger partial charge on any atom is 0.231 e. The molecule has 0 amide bonds. The van der Waals surface area contributed by atoms with Gasteiger partial charge in [0.05, 0.1) is 0 Å². The van der Waals surface area contributed by atoms with Gasteiger partial charge in [0, 0.05) is 43.3 Å². The molecule has 2 fully saturated rings. The lowest BCUT2D eigenvalue weighted by molar-refractivity contribution is 0.160. The van der Waals surface area contributed by atoms with Gasteiger partial charge < -0.3 is 14.8 Å². The van der Waals surface area contributed by atoms with Crippen LogP contribution in [-0.2, 0) is 0 Å². The molecule has 1 saturated heterocycles. The van der Waals surface area contributed by atoms with Crippen LogP contribution in [0.15, 0.2) is 12.1 Å². The van der Waals surface area contributed by atoms with Crippen molar-refractivity contribution in [3.63, 3.8) is 0 Å². The Hall–Kier alpha value is -0.970. The fourth-order valence-corrected chi connectivity index (χ4v) is 3.60. The Labute approximate surface area is 130 Å². The molecule has 0 spiro atoms. The van der Waals surface area contributed by atoms with E-state index in [-0.39, 0.29) is 0 Å². The minimum atomic E-state index is 0.302. The van der Waals surface area contributed by atoms with Gasteiger partial charge in [-0.1, -0.05) is 24.4 Å². The summed E-state index contributed by atoms with van der Waals surface area (Å²) in [6, 6.07) is 4.42. The summed E-state index contributed by atoms with van der Waals surface area (Å²) in [5, 5.41) is 4.24. The molecule has 1 aliphatic carbocycles. The molecule has 5 heteroatoms. The molecule has 4 nitrogen and oxygen atoms in total. The number of halogens is 1. The molecular weight excluding hydrogens is 288 g/mol. The van der Waals surface area contributed by atoms with E-state index >= 15 is 0 Å². The lowest BCUT2D eigenvalue weighted by Gasteiger charge is -2.36. The van der Waals surface area contributed by atoms with Crippen LogP contribution in [0, 0.1) is 5.92 Å². The normalized spacial score (nSPS) is 23.3. The van der Waals surface area contributed by atoms with Gasteiger partial charge in [-0.3, -0.25) is 4.90 Å². The van der Waals surface area contributed by atoms with E-state index in [1.165, 1.54) is 24.8 Å². The van der Waals surface area contributed by atoms with Gasteiger partial charge in [-0.15, -0.1) is 0 Å². The quantitative estimate of drug-likeness (QED) is 0.927. The molecule has 3 aliphatic rings. The number of hydrogen-bond donors (Lipinski definition) is 1. The summed E-state index contributed by atoms with van der Waals surface area (Å²) >= 11 is 6.55. The summed E-state index contributed by atoms with van der Waals surface area (Å²) in [5.74, 6) is 2.48. The topological polar surface area (TPSA) is 33.7 Å². The van der Waals surface area contributed by atoms with Crippen LogP contribution >= 0.6 is 11.6 Å². The highest BCUT2D eigenvalue weighted by molar-refractivity contribution is 6.31. The number of nitrogens with zero attached hydrogens (tertiary/aromatic N) is 1. The first kappa shape index (κ1) is 13.7. The first-order valence-electron chi connectivity index (χ1n) is 7.85. The van der Waals surface area contributed by atoms with E-state index in [1.54, 1.807) is 0 Å². The van der Waals surface area contributed by atoms with Gasteiger partial charge in [0.1, 0.15) is 0 Å². The van der Waals surface area contributed by atoms with E-state index in [9.17, 15) is 0 Å². The van der Waals surface area contributed by atoms with Gasteiger partial charge in [-0.05, 0) is 24.0 Å². The van der Waals surface area contributed by atoms with Crippen molar-refractivity contribution in [1.82, 2.24) is 10.2 Å². The van der Waals surface area contributed by atoms with Crippen molar-refractivity contribution in [2.24, 2.45) is 5.92 Å². The summed E-state index contributed by atoms with van der Waals surface area (Å²) < 4.78 is 11.0. The van der Waals surface area contributed by atoms with Crippen LogP contribution in [0.25, 0.3) is 0 Å². The standard InChI is InChI=1S/C16H21ClN2O2/c17-13-9-16-15(20-10-21-16)8-12(13)14(7-11-1-2-11)19-5-3-18-4-6-19/h8-9,11,14,18H,1-7,10H2/t14-/m1/s1. The number of ether oxygens (including phenoxy) is 2. The van der Waals surface area contributed by atoms with Gasteiger partial charge >= 0.3 is 0 Å². The number of hydrogen-bond acceptors (Lipinski definition) is 4. The van der Waals surface area contributed by atoms with Crippen molar-refractivity contribution in [3.8, 4) is 11.5 Å². The lowest BCUT2D eigenvalue weighted by atomic mass is 9.98. The predicted molar refractivity (Wildman–Crippen MR) is 82.1 cm³/mol. The number of nitrogens with one attached hydrogen (secondary N) is 1. The van der Waals surface area contributed by atoms with Crippen molar-refractivity contribution in [2.45, 2.75) is 25.3 Å². The first-order chi connectivity index (χ1) is 10.3. The molecule has 0 aromatic heterocycles. The molecule has 0 radical (unpaired) electrons. The van der Waals surface area contributed by atoms with Crippen LogP contribution in [0.5, 0.6) is 11.5 Å². The molecule has 1 atom stereocenters. The Morgan fingerprint density at radius 1 is 1.19 bits per heavy atom. The molecule has 2 aliphatic heterocycles. The van der Waals surface area contributed by atoms with Gasteiger partial charge in [-0.25, -0.2) is 0 Å². The summed E-state index contributed by atoms with van der Waals surface area (Å²) in [6.45, 7) is 4.59. The third kappa shape index (κ3) is 2.85. The van der Waals surface area contributed by atoms with E-state index in [2.05, 4.69) is 16.3 Å². The van der Waals surface area contributed by atoms with Gasteiger partial charge in [0.2, 0.25) is 6.79 Å². The third-order valence-corrected chi connectivity index (χ3v) is 5.02. The predicted octanol–water partition coefficient (Wildman–Crippen LogP) is 2.82. The summed E-state index contributed by atoms with van der Waals surface area (Å²) in [6.07, 6.45) is 3.94. The van der Waals surface area contributed by atoms with E-state index in [4.69, 9.17) is 21.1 Å². The van der Waals surface area contributed by atoms with E-state index < -0.39 is 0 Å². The van der Waals surface area contributed by atoms with Gasteiger partial charge in [0.25, 0.3) is 0 Å². The Morgan fingerprint density at radius 2 is 1.90 bits per heavy atom. The maximum atomic E-state index is 6.55. The zero-order valence-corrected chi connectivity index (χ0v) is 12.9. The number of benzene rings is 1. The van der Waals surface area contributed by atoms with E-state index in [1.807, 2.05) is 6.07 Å². The second-order valence-corrected chi connectivity index (χ2v) is 6.62. The highest BCUT2D eigenvalue weighted by Crippen LogP contribution is 2.45. The van der Waals surface area contributed by atoms with Crippen LogP contribution in [0.3, 0.4) is 0 Å². The molecule has 0 bridgehead atoms. The highest BCUT2D eigenvalue weighted by atomic mass is 35.5. The zero-order valence-electron chi connectivity index (χ0n) is 12.1. The van der Waals surface area contributed by atoms with Crippen molar-refractivity contribution in [3.05, 3.63) is 22.7 Å². The van der Waals surface area contributed by atoms with Gasteiger partial charge in [-0.2, -0.15) is 0 Å². The number of piperazine rings is 1. The molecule has 114 valence electrons. The zero-order chi connectivity index (χ0) is 14.2. The molecule has 1 saturated carbocycles. The molecule has 1 N–H and O–H groups in total. The molecule has 4 rings (SSSR count). The maximum absolute atomic E-state index is 6.55. The SMILES string of the molecule is Clc1cc2c(cc1[C@@H](CC1CC1)N1CCNCC1)OCO2. The lowest BCUT2D eigenvalue weighted by Crippen LogP contribution is -2.45. The molecule has 1 aromatic carbocycles. The second kappa shape index (κ2) is 5.67. The fourth-order valence-electron chi connectivity index (χ4n) is 3.32. The highest BCUT2D eigenvalue weighted by Gasteiger charge is 2.32. The number of fused-ring (bicyclic) bond motifs is 1. The Bertz CT molecular complexity index is 527. The summed E-state index contributed by atoms with van der Waals surface area (Å²) in [4.78, 5) is 2.57. The summed E-state index contributed by atoms with van der Waals surface area (Å²) in [5.41, 5.74) is 1.20. The van der Waals surface area contributed by atoms with E-state index in [0.717, 1.165) is 48.6 Å². The minimum absolute atomic E-state index is 0.302. The van der Waals surface area contributed by atoms with Gasteiger partial charge in [0.15, 0.2) is 11.5 Å². The van der Waals surface area contributed by atoms with Crippen LogP contribution in [0.4, 0.5) is 0 Å². The minimum Gasteiger partial charge on any atom is -0.454 e. The van der Waals surface area contributed by atoms with Crippen LogP contribution in [0.2, 0.25) is 5.02 Å². The van der Waals surface area contributed by atoms with Crippen molar-refractivity contribution < 1.29 is 9.47 Å². The molecule has 1 aromatic rings. The molecule has 0 unspecified atom stereocenters. The smallest absolute Gasteiger partial charge is 0.231 e. The Morgan fingerprint density at radius 3 is 2.62 bits per heavy atom. The monoisotopic (exact) mass is 308 g/mol. The van der Waals surface area contributed by atoms with Crippen LogP contribution < -0.4 is 14.8 Å². The van der Waals surface area contributed by atoms with Crippen molar-refractivity contribution in [1.29, 1.82) is 0 Å². The first-order valence-corrected chi connectivity index (χ1v) is 8.23. The molecule has 2 heterocycles. The van der Waals surface area contributed by atoms with Crippen molar-refractivity contribution >= 4 is 11.6 Å². The summed E-state index contributed by atoms with van der Waals surface area (Å²) in [7, 11) is 0. The second-order valence-electron chi connectivity index (χ2n) is 6.21. The number of rotatable bonds is 4. The largest absolute Gasteiger partial charge is 0.454 e. The molecular formula is C16H21ClN2O2. The Kier molecular flexibility index (Phi) is 3.69. The average molecular weight is 309 g/mol. The molecule has 21 heavy (non-hydrogen) atoms. The van der Waals surface area contributed by atoms with Crippen LogP contribution in [-0.4, -0.2) is 37.9 Å². The third-order valence-electron chi connectivity index (χ3n) is 4.70. The average Bonchev–Trinajstić information content (AvgIpc) is 3.22. The Balaban J connectivity index is 1.65. The van der Waals surface area contributed by atoms with Crippen LogP contribution in [0.1, 0.15) is 30.9 Å². The van der Waals surface area contributed by atoms with Crippen molar-refractivity contribution in [2.75, 3.05) is 33.0 Å². The fraction of sp³-hybridized carbons (Fsp3) is 0.625.